The first kappa shape index (κ1) is 28.7. The summed E-state index contributed by atoms with van der Waals surface area (Å²) in [4.78, 5) is 31.3. The molecule has 14 nitrogen and oxygen atoms in total. The van der Waals surface area contributed by atoms with Gasteiger partial charge >= 0.3 is 17.9 Å². The van der Waals surface area contributed by atoms with E-state index in [2.05, 4.69) is 10.1 Å². The Hall–Kier alpha value is -2.52. The Morgan fingerprint density at radius 2 is 1.66 bits per heavy atom. The van der Waals surface area contributed by atoms with E-state index in [-0.39, 0.29) is 12.4 Å². The smallest absolute Gasteiger partial charge is 0.320 e. The average Bonchev–Trinajstić information content (AvgIpc) is 2.66. The molecule has 14 heteroatoms. The second kappa shape index (κ2) is 16.4. The van der Waals surface area contributed by atoms with Crippen LogP contribution in [0.2, 0.25) is 0 Å². The molecule has 0 amide bonds. The van der Waals surface area contributed by atoms with E-state index in [0.29, 0.717) is 19.4 Å². The molecular weight excluding hydrogens is 396 g/mol. The molecule has 0 aromatic heterocycles. The monoisotopic (exact) mass is 426 g/mol. The van der Waals surface area contributed by atoms with E-state index >= 15 is 0 Å². The quantitative estimate of drug-likeness (QED) is 0.0585. The minimum absolute atomic E-state index is 0.112. The van der Waals surface area contributed by atoms with Crippen molar-refractivity contribution < 1.29 is 49.8 Å². The van der Waals surface area contributed by atoms with Crippen LogP contribution in [-0.4, -0.2) is 98.6 Å². The number of nitrogens with one attached hydrogen (secondary N) is 2. The van der Waals surface area contributed by atoms with Gasteiger partial charge in [-0.25, -0.2) is 0 Å². The van der Waals surface area contributed by atoms with Crippen LogP contribution in [0, 0.1) is 5.41 Å². The van der Waals surface area contributed by atoms with Gasteiger partial charge in [0.15, 0.2) is 5.96 Å². The van der Waals surface area contributed by atoms with Gasteiger partial charge in [0, 0.05) is 6.54 Å². The first-order valence-corrected chi connectivity index (χ1v) is 8.51. The Balaban J connectivity index is 0. The van der Waals surface area contributed by atoms with Crippen LogP contribution >= 0.6 is 0 Å². The summed E-state index contributed by atoms with van der Waals surface area (Å²) >= 11 is 0. The highest BCUT2D eigenvalue weighted by Gasteiger charge is 2.25. The van der Waals surface area contributed by atoms with Crippen molar-refractivity contribution in [3.8, 4) is 0 Å². The van der Waals surface area contributed by atoms with Crippen LogP contribution in [0.25, 0.3) is 0 Å². The molecule has 0 fully saturated rings. The summed E-state index contributed by atoms with van der Waals surface area (Å²) in [6.45, 7) is -0.849. The van der Waals surface area contributed by atoms with Crippen LogP contribution in [0.3, 0.4) is 0 Å². The number of aliphatic hydroxyl groups is 4. The zero-order chi connectivity index (χ0) is 23.0. The van der Waals surface area contributed by atoms with Crippen LogP contribution in [-0.2, 0) is 19.1 Å². The van der Waals surface area contributed by atoms with Crippen LogP contribution < -0.4 is 16.8 Å². The van der Waals surface area contributed by atoms with Crippen molar-refractivity contribution in [1.82, 2.24) is 5.32 Å². The van der Waals surface area contributed by atoms with E-state index in [1.165, 1.54) is 0 Å². The van der Waals surface area contributed by atoms with Gasteiger partial charge in [-0.3, -0.25) is 19.8 Å². The molecule has 0 rings (SSSR count). The van der Waals surface area contributed by atoms with E-state index in [1.54, 1.807) is 0 Å². The molecule has 0 bridgehead atoms. The highest BCUT2D eigenvalue weighted by molar-refractivity contribution is 5.76. The lowest BCUT2D eigenvalue weighted by Gasteiger charge is -2.21. The largest absolute Gasteiger partial charge is 0.481 e. The first-order valence-electron chi connectivity index (χ1n) is 8.51. The van der Waals surface area contributed by atoms with Crippen LogP contribution in [0.4, 0.5) is 0 Å². The maximum Gasteiger partial charge on any atom is 0.320 e. The fourth-order valence-electron chi connectivity index (χ4n) is 1.59. The maximum atomic E-state index is 10.9. The minimum Gasteiger partial charge on any atom is -0.481 e. The average molecular weight is 426 g/mol. The third-order valence-corrected chi connectivity index (χ3v) is 3.26. The van der Waals surface area contributed by atoms with E-state index < -0.39 is 61.9 Å². The molecule has 0 saturated carbocycles. The van der Waals surface area contributed by atoms with Gasteiger partial charge in [0.25, 0.3) is 0 Å². The number of rotatable bonds is 13. The number of nitrogens with two attached hydrogens (primary N) is 2. The molecule has 0 saturated heterocycles. The van der Waals surface area contributed by atoms with Crippen molar-refractivity contribution in [2.75, 3.05) is 19.8 Å². The molecule has 0 radical (unpaired) electrons. The fourth-order valence-corrected chi connectivity index (χ4v) is 1.59. The number of guanidine groups is 1. The number of esters is 1. The standard InChI is InChI=1S/C9H16O8.C6H14N4O2/c10-3-5(11)9(16)6(12)4-17-8(15)2-1-7(13)14;7-4(5(11)12)2-1-3-10-6(8)9/h5-6,9-12,16H,1-4H2,(H,13,14);4H,1-3,7H2,(H,11,12)(H4,8,9,10)/t5-,6+,9+;4-/m10/s1. The highest BCUT2D eigenvalue weighted by Crippen LogP contribution is 2.02. The SMILES string of the molecule is N=C(N)NCCC[C@H](N)C(=O)O.O=C(O)CCC(=O)OC[C@H](O)[C@@H](O)[C@H](O)CO. The summed E-state index contributed by atoms with van der Waals surface area (Å²) in [5.41, 5.74) is 10.2. The van der Waals surface area contributed by atoms with Gasteiger partial charge in [-0.15, -0.1) is 0 Å². The molecule has 170 valence electrons. The molecule has 0 aliphatic heterocycles. The third-order valence-electron chi connectivity index (χ3n) is 3.26. The van der Waals surface area contributed by atoms with Gasteiger partial charge in [-0.05, 0) is 12.8 Å². The third kappa shape index (κ3) is 17.3. The van der Waals surface area contributed by atoms with Crippen molar-refractivity contribution in [2.24, 2.45) is 11.5 Å². The zero-order valence-electron chi connectivity index (χ0n) is 15.7. The van der Waals surface area contributed by atoms with Gasteiger partial charge in [0.2, 0.25) is 0 Å². The topological polar surface area (TPSA) is 270 Å². The molecule has 0 aliphatic carbocycles. The molecule has 0 heterocycles. The number of hydrogen-bond donors (Lipinski definition) is 10. The van der Waals surface area contributed by atoms with Crippen molar-refractivity contribution >= 4 is 23.9 Å². The van der Waals surface area contributed by atoms with Gasteiger partial charge in [0.05, 0.1) is 19.4 Å². The van der Waals surface area contributed by atoms with Gasteiger partial charge in [0.1, 0.15) is 31.0 Å². The summed E-state index contributed by atoms with van der Waals surface area (Å²) in [7, 11) is 0. The van der Waals surface area contributed by atoms with Crippen molar-refractivity contribution in [3.63, 3.8) is 0 Å². The molecule has 0 unspecified atom stereocenters. The summed E-state index contributed by atoms with van der Waals surface area (Å²) < 4.78 is 4.46. The highest BCUT2D eigenvalue weighted by atomic mass is 16.5. The minimum atomic E-state index is -1.65. The van der Waals surface area contributed by atoms with Crippen molar-refractivity contribution in [2.45, 2.75) is 50.0 Å². The molecule has 0 spiro atoms. The second-order valence-corrected chi connectivity index (χ2v) is 5.81. The predicted octanol–water partition coefficient (Wildman–Crippen LogP) is -3.87. The number of carbonyl (C=O) groups is 3. The normalized spacial score (nSPS) is 14.4. The maximum absolute atomic E-state index is 10.9. The number of carbonyl (C=O) groups excluding carboxylic acids is 1. The molecule has 12 N–H and O–H groups in total. The number of ether oxygens (including phenoxy) is 1. The van der Waals surface area contributed by atoms with E-state index in [4.69, 9.17) is 37.3 Å². The summed E-state index contributed by atoms with van der Waals surface area (Å²) in [5.74, 6) is -3.10. The fraction of sp³-hybridized carbons (Fsp3) is 0.733. The number of hydrogen-bond acceptors (Lipinski definition) is 10. The Bertz CT molecular complexity index is 519. The molecule has 29 heavy (non-hydrogen) atoms. The Morgan fingerprint density at radius 1 is 1.07 bits per heavy atom. The number of aliphatic carboxylic acids is 2. The number of carboxylic acid groups (broad SMARTS) is 2. The van der Waals surface area contributed by atoms with Gasteiger partial charge in [-0.2, -0.15) is 0 Å². The van der Waals surface area contributed by atoms with Gasteiger partial charge in [-0.1, -0.05) is 0 Å². The number of aliphatic hydroxyl groups excluding tert-OH is 4. The van der Waals surface area contributed by atoms with E-state index in [9.17, 15) is 24.6 Å². The van der Waals surface area contributed by atoms with Gasteiger partial charge < -0.3 is 52.2 Å². The van der Waals surface area contributed by atoms with E-state index in [1.807, 2.05) is 0 Å². The van der Waals surface area contributed by atoms with Crippen LogP contribution in [0.5, 0.6) is 0 Å². The Morgan fingerprint density at radius 3 is 2.10 bits per heavy atom. The second-order valence-electron chi connectivity index (χ2n) is 5.81. The lowest BCUT2D eigenvalue weighted by molar-refractivity contribution is -0.154. The lowest BCUT2D eigenvalue weighted by atomic mass is 10.1. The Kier molecular flexibility index (Phi) is 16.3. The zero-order valence-corrected chi connectivity index (χ0v) is 15.7. The lowest BCUT2D eigenvalue weighted by Crippen LogP contribution is -2.42. The molecule has 0 aromatic carbocycles. The van der Waals surface area contributed by atoms with Crippen molar-refractivity contribution in [3.05, 3.63) is 0 Å². The molecular formula is C15H30N4O10. The molecule has 0 aliphatic rings. The molecule has 4 atom stereocenters. The van der Waals surface area contributed by atoms with Crippen LogP contribution in [0.15, 0.2) is 0 Å². The van der Waals surface area contributed by atoms with E-state index in [0.717, 1.165) is 0 Å². The summed E-state index contributed by atoms with van der Waals surface area (Å²) in [5, 5.41) is 61.8. The first-order chi connectivity index (χ1) is 13.4. The summed E-state index contributed by atoms with van der Waals surface area (Å²) in [6.07, 6.45) is -4.50. The number of carboxylic acids is 2. The van der Waals surface area contributed by atoms with Crippen LogP contribution in [0.1, 0.15) is 25.7 Å². The summed E-state index contributed by atoms with van der Waals surface area (Å²) in [6, 6.07) is -0.821. The molecule has 0 aromatic rings. The van der Waals surface area contributed by atoms with Crippen molar-refractivity contribution in [1.29, 1.82) is 5.41 Å². The predicted molar refractivity (Wildman–Crippen MR) is 97.7 cm³/mol. The Labute approximate surface area is 166 Å².